The zero-order valence-electron chi connectivity index (χ0n) is 10.8. The Morgan fingerprint density at radius 3 is 2.47 bits per heavy atom. The fraction of sp³-hybridized carbons (Fsp3) is 0.188. The monoisotopic (exact) mass is 252 g/mol. The van der Waals surface area contributed by atoms with Gasteiger partial charge in [-0.1, -0.05) is 42.5 Å². The van der Waals surface area contributed by atoms with Gasteiger partial charge in [0.05, 0.1) is 5.56 Å². The van der Waals surface area contributed by atoms with Crippen molar-refractivity contribution >= 4 is 11.6 Å². The number of carbonyl (C=O) groups excluding carboxylic acids is 1. The van der Waals surface area contributed by atoms with Gasteiger partial charge in [0.15, 0.2) is 0 Å². The normalized spacial score (nSPS) is 17.8. The molecule has 0 spiro atoms. The molecule has 96 valence electrons. The molecule has 0 bridgehead atoms. The summed E-state index contributed by atoms with van der Waals surface area (Å²) in [5, 5.41) is 3.45. The summed E-state index contributed by atoms with van der Waals surface area (Å²) in [4.78, 5) is 14.4. The van der Waals surface area contributed by atoms with Gasteiger partial charge in [-0.3, -0.25) is 4.79 Å². The quantitative estimate of drug-likeness (QED) is 0.889. The fourth-order valence-corrected chi connectivity index (χ4v) is 2.52. The predicted octanol–water partition coefficient (Wildman–Crippen LogP) is 3.27. The zero-order chi connectivity index (χ0) is 13.2. The highest BCUT2D eigenvalue weighted by Crippen LogP contribution is 2.32. The van der Waals surface area contributed by atoms with E-state index in [2.05, 4.69) is 5.32 Å². The van der Waals surface area contributed by atoms with Gasteiger partial charge in [0, 0.05) is 12.2 Å². The molecule has 19 heavy (non-hydrogen) atoms. The molecule has 0 saturated carbocycles. The molecule has 1 heterocycles. The molecular weight excluding hydrogens is 236 g/mol. The minimum Gasteiger partial charge on any atom is -0.361 e. The molecule has 3 heteroatoms. The molecule has 0 fully saturated rings. The molecule has 0 aromatic heterocycles. The third kappa shape index (κ3) is 1.97. The number of rotatable bonds is 2. The van der Waals surface area contributed by atoms with Crippen molar-refractivity contribution in [3.05, 3.63) is 65.7 Å². The van der Waals surface area contributed by atoms with Crippen LogP contribution in [0.4, 0.5) is 5.69 Å². The van der Waals surface area contributed by atoms with E-state index in [1.54, 1.807) is 0 Å². The number of benzene rings is 2. The lowest BCUT2D eigenvalue weighted by molar-refractivity contribution is 0.0695. The maximum Gasteiger partial charge on any atom is 0.257 e. The number of nitrogens with zero attached hydrogens (tertiary/aromatic N) is 1. The Hall–Kier alpha value is -2.29. The van der Waals surface area contributed by atoms with Crippen molar-refractivity contribution in [2.75, 3.05) is 11.9 Å². The van der Waals surface area contributed by atoms with Gasteiger partial charge in [0.2, 0.25) is 0 Å². The van der Waals surface area contributed by atoms with Gasteiger partial charge in [-0.2, -0.15) is 0 Å². The number of anilines is 1. The van der Waals surface area contributed by atoms with Gasteiger partial charge < -0.3 is 10.2 Å². The summed E-state index contributed by atoms with van der Waals surface area (Å²) in [6.07, 6.45) is -0.0893. The molecule has 0 saturated heterocycles. The summed E-state index contributed by atoms with van der Waals surface area (Å²) < 4.78 is 0. The van der Waals surface area contributed by atoms with Crippen molar-refractivity contribution in [2.24, 2.45) is 0 Å². The highest BCUT2D eigenvalue weighted by Gasteiger charge is 2.31. The van der Waals surface area contributed by atoms with Crippen molar-refractivity contribution in [1.82, 2.24) is 4.90 Å². The Kier molecular flexibility index (Phi) is 2.95. The Bertz CT molecular complexity index is 595. The SMILES string of the molecule is CCN1C(=O)c2ccccc2N[C@@H]1c1ccccc1. The molecule has 0 aliphatic carbocycles. The lowest BCUT2D eigenvalue weighted by atomic mass is 10.0. The van der Waals surface area contributed by atoms with E-state index >= 15 is 0 Å². The Labute approximate surface area is 112 Å². The maximum atomic E-state index is 12.5. The van der Waals surface area contributed by atoms with E-state index in [1.807, 2.05) is 66.4 Å². The van der Waals surface area contributed by atoms with E-state index in [0.29, 0.717) is 6.54 Å². The van der Waals surface area contributed by atoms with Crippen LogP contribution in [0, 0.1) is 0 Å². The number of hydrogen-bond donors (Lipinski definition) is 1. The summed E-state index contributed by atoms with van der Waals surface area (Å²) in [5.74, 6) is 0.0886. The molecule has 0 radical (unpaired) electrons. The van der Waals surface area contributed by atoms with Crippen molar-refractivity contribution in [3.8, 4) is 0 Å². The minimum absolute atomic E-state index is 0.0886. The van der Waals surface area contributed by atoms with Gasteiger partial charge in [-0.15, -0.1) is 0 Å². The van der Waals surface area contributed by atoms with Crippen molar-refractivity contribution in [2.45, 2.75) is 13.1 Å². The summed E-state index contributed by atoms with van der Waals surface area (Å²) in [6.45, 7) is 2.68. The molecule has 3 nitrogen and oxygen atoms in total. The second kappa shape index (κ2) is 4.76. The Morgan fingerprint density at radius 1 is 1.05 bits per heavy atom. The van der Waals surface area contributed by atoms with Crippen molar-refractivity contribution < 1.29 is 4.79 Å². The summed E-state index contributed by atoms with van der Waals surface area (Å²) in [7, 11) is 0. The minimum atomic E-state index is -0.0893. The highest BCUT2D eigenvalue weighted by atomic mass is 16.2. The first-order chi connectivity index (χ1) is 9.31. The third-order valence-corrected chi connectivity index (χ3v) is 3.48. The number of hydrogen-bond acceptors (Lipinski definition) is 2. The van der Waals surface area contributed by atoms with Crippen molar-refractivity contribution in [1.29, 1.82) is 0 Å². The van der Waals surface area contributed by atoms with Crippen LogP contribution in [-0.4, -0.2) is 17.4 Å². The highest BCUT2D eigenvalue weighted by molar-refractivity contribution is 6.01. The molecule has 2 aromatic rings. The first kappa shape index (κ1) is 11.8. The lowest BCUT2D eigenvalue weighted by Gasteiger charge is -2.37. The molecule has 1 atom stereocenters. The molecule has 1 aliphatic rings. The van der Waals surface area contributed by atoms with Crippen molar-refractivity contribution in [3.63, 3.8) is 0 Å². The van der Waals surface area contributed by atoms with E-state index < -0.39 is 0 Å². The van der Waals surface area contributed by atoms with Crippen LogP contribution in [0.1, 0.15) is 29.0 Å². The smallest absolute Gasteiger partial charge is 0.257 e. The zero-order valence-corrected chi connectivity index (χ0v) is 10.8. The second-order valence-corrected chi connectivity index (χ2v) is 4.59. The summed E-state index contributed by atoms with van der Waals surface area (Å²) in [6, 6.07) is 17.7. The number of fused-ring (bicyclic) bond motifs is 1. The number of amides is 1. The standard InChI is InChI=1S/C16H16N2O/c1-2-18-15(12-8-4-3-5-9-12)17-14-11-7-6-10-13(14)16(18)19/h3-11,15,17H,2H2,1H3/t15-/m0/s1. The van der Waals surface area contributed by atoms with E-state index in [4.69, 9.17) is 0 Å². The average molecular weight is 252 g/mol. The van der Waals surface area contributed by atoms with Crippen LogP contribution in [0.15, 0.2) is 54.6 Å². The Balaban J connectivity index is 2.05. The average Bonchev–Trinajstić information content (AvgIpc) is 2.48. The van der Waals surface area contributed by atoms with E-state index in [1.165, 1.54) is 0 Å². The van der Waals surface area contributed by atoms with Crippen LogP contribution < -0.4 is 5.32 Å². The largest absolute Gasteiger partial charge is 0.361 e. The molecule has 1 N–H and O–H groups in total. The van der Waals surface area contributed by atoms with E-state index in [0.717, 1.165) is 16.8 Å². The first-order valence-electron chi connectivity index (χ1n) is 6.52. The molecular formula is C16H16N2O. The topological polar surface area (TPSA) is 32.3 Å². The molecule has 1 amide bonds. The number of para-hydroxylation sites is 1. The predicted molar refractivity (Wildman–Crippen MR) is 76.0 cm³/mol. The van der Waals surface area contributed by atoms with Crippen LogP contribution in [0.5, 0.6) is 0 Å². The summed E-state index contributed by atoms with van der Waals surface area (Å²) >= 11 is 0. The number of carbonyl (C=O) groups is 1. The Morgan fingerprint density at radius 2 is 1.74 bits per heavy atom. The molecule has 0 unspecified atom stereocenters. The number of nitrogens with one attached hydrogen (secondary N) is 1. The van der Waals surface area contributed by atoms with Crippen LogP contribution in [0.3, 0.4) is 0 Å². The van der Waals surface area contributed by atoms with Gasteiger partial charge >= 0.3 is 0 Å². The lowest BCUT2D eigenvalue weighted by Crippen LogP contribution is -2.42. The van der Waals surface area contributed by atoms with Gasteiger partial charge in [-0.25, -0.2) is 0 Å². The van der Waals surface area contributed by atoms with Crippen LogP contribution in [-0.2, 0) is 0 Å². The molecule has 1 aliphatic heterocycles. The van der Waals surface area contributed by atoms with Crippen LogP contribution in [0.2, 0.25) is 0 Å². The van der Waals surface area contributed by atoms with E-state index in [-0.39, 0.29) is 12.1 Å². The van der Waals surface area contributed by atoms with E-state index in [9.17, 15) is 4.79 Å². The van der Waals surface area contributed by atoms with Crippen LogP contribution >= 0.6 is 0 Å². The molecule has 3 rings (SSSR count). The van der Waals surface area contributed by atoms with Crippen LogP contribution in [0.25, 0.3) is 0 Å². The first-order valence-corrected chi connectivity index (χ1v) is 6.52. The molecule has 2 aromatic carbocycles. The van der Waals surface area contributed by atoms with Gasteiger partial charge in [0.25, 0.3) is 5.91 Å². The summed E-state index contributed by atoms with van der Waals surface area (Å²) in [5.41, 5.74) is 2.76. The third-order valence-electron chi connectivity index (χ3n) is 3.48. The van der Waals surface area contributed by atoms with Gasteiger partial charge in [-0.05, 0) is 24.6 Å². The second-order valence-electron chi connectivity index (χ2n) is 4.59. The van der Waals surface area contributed by atoms with Gasteiger partial charge in [0.1, 0.15) is 6.17 Å². The maximum absolute atomic E-state index is 12.5. The fourth-order valence-electron chi connectivity index (χ4n) is 2.52.